The highest BCUT2D eigenvalue weighted by atomic mass is 32.1. The molecule has 138 valence electrons. The van der Waals surface area contributed by atoms with Gasteiger partial charge in [0.1, 0.15) is 10.8 Å². The number of likely N-dealkylation sites (tertiary alicyclic amines) is 1. The highest BCUT2D eigenvalue weighted by molar-refractivity contribution is 7.09. The molecule has 2 aromatic rings. The molecule has 1 aromatic heterocycles. The predicted molar refractivity (Wildman–Crippen MR) is 98.1 cm³/mol. The minimum Gasteiger partial charge on any atom is -0.347 e. The first-order valence-electron chi connectivity index (χ1n) is 8.72. The van der Waals surface area contributed by atoms with Gasteiger partial charge in [0.05, 0.1) is 12.5 Å². The number of hydrogen-bond acceptors (Lipinski definition) is 4. The minimum absolute atomic E-state index is 0.0566. The molecule has 0 bridgehead atoms. The second-order valence-electron chi connectivity index (χ2n) is 6.53. The average Bonchev–Trinajstić information content (AvgIpc) is 3.16. The summed E-state index contributed by atoms with van der Waals surface area (Å²) in [7, 11) is 0. The van der Waals surface area contributed by atoms with Crippen LogP contribution in [0.4, 0.5) is 4.39 Å². The first-order valence-corrected chi connectivity index (χ1v) is 9.60. The molecule has 2 amide bonds. The van der Waals surface area contributed by atoms with Gasteiger partial charge >= 0.3 is 0 Å². The summed E-state index contributed by atoms with van der Waals surface area (Å²) in [6.07, 6.45) is 3.39. The van der Waals surface area contributed by atoms with E-state index in [9.17, 15) is 14.0 Å². The first-order chi connectivity index (χ1) is 12.5. The summed E-state index contributed by atoms with van der Waals surface area (Å²) in [5.41, 5.74) is 0.429. The number of aromatic nitrogens is 1. The lowest BCUT2D eigenvalue weighted by atomic mass is 9.89. The summed E-state index contributed by atoms with van der Waals surface area (Å²) in [5.74, 6) is -0.241. The van der Waals surface area contributed by atoms with Gasteiger partial charge in [0.15, 0.2) is 0 Å². The Balaban J connectivity index is 1.60. The lowest BCUT2D eigenvalue weighted by Crippen LogP contribution is -2.43. The molecule has 1 aliphatic rings. The van der Waals surface area contributed by atoms with E-state index in [2.05, 4.69) is 10.3 Å². The zero-order valence-corrected chi connectivity index (χ0v) is 15.5. The number of piperidine rings is 1. The summed E-state index contributed by atoms with van der Waals surface area (Å²) < 4.78 is 13.7. The van der Waals surface area contributed by atoms with Crippen LogP contribution in [-0.2, 0) is 16.0 Å². The number of amides is 2. The summed E-state index contributed by atoms with van der Waals surface area (Å²) in [5, 5.41) is 5.80. The molecule has 26 heavy (non-hydrogen) atoms. The molecule has 1 fully saturated rings. The van der Waals surface area contributed by atoms with E-state index in [4.69, 9.17) is 0 Å². The highest BCUT2D eigenvalue weighted by Gasteiger charge is 2.31. The molecule has 3 rings (SSSR count). The number of nitrogens with one attached hydrogen (secondary N) is 1. The molecule has 1 unspecified atom stereocenters. The van der Waals surface area contributed by atoms with Gasteiger partial charge < -0.3 is 10.2 Å². The van der Waals surface area contributed by atoms with Crippen molar-refractivity contribution in [2.45, 2.75) is 32.2 Å². The fourth-order valence-electron chi connectivity index (χ4n) is 3.39. The van der Waals surface area contributed by atoms with Crippen LogP contribution < -0.4 is 5.32 Å². The first kappa shape index (κ1) is 18.5. The van der Waals surface area contributed by atoms with Crippen LogP contribution in [0.3, 0.4) is 0 Å². The molecule has 5 nitrogen and oxygen atoms in total. The predicted octanol–water partition coefficient (Wildman–Crippen LogP) is 2.94. The van der Waals surface area contributed by atoms with Gasteiger partial charge in [0, 0.05) is 31.6 Å². The highest BCUT2D eigenvalue weighted by Crippen LogP contribution is 2.32. The quantitative estimate of drug-likeness (QED) is 0.874. The lowest BCUT2D eigenvalue weighted by molar-refractivity contribution is -0.132. The Hall–Kier alpha value is -2.28. The number of rotatable bonds is 5. The van der Waals surface area contributed by atoms with Gasteiger partial charge in [-0.25, -0.2) is 9.37 Å². The topological polar surface area (TPSA) is 62.3 Å². The van der Waals surface area contributed by atoms with Gasteiger partial charge in [-0.3, -0.25) is 9.59 Å². The molecule has 0 radical (unpaired) electrons. The van der Waals surface area contributed by atoms with Gasteiger partial charge in [-0.15, -0.1) is 11.3 Å². The normalized spacial score (nSPS) is 16.3. The van der Waals surface area contributed by atoms with Crippen molar-refractivity contribution in [1.82, 2.24) is 15.2 Å². The maximum atomic E-state index is 13.7. The van der Waals surface area contributed by atoms with Crippen LogP contribution in [0.25, 0.3) is 0 Å². The Morgan fingerprint density at radius 2 is 2.08 bits per heavy atom. The molecule has 1 atom stereocenters. The van der Waals surface area contributed by atoms with Crippen molar-refractivity contribution in [3.05, 3.63) is 52.2 Å². The summed E-state index contributed by atoms with van der Waals surface area (Å²) in [6.45, 7) is 2.73. The van der Waals surface area contributed by atoms with E-state index in [1.54, 1.807) is 29.3 Å². The molecular weight excluding hydrogens is 353 g/mol. The Bertz CT molecular complexity index is 758. The number of nitrogens with zero attached hydrogens (tertiary/aromatic N) is 2. The standard InChI is InChI=1S/C19H22FN3O2S/c1-13(24)22-18(19-21-8-11-26-19)14-6-9-23(10-7-14)17(25)12-15-4-2-3-5-16(15)20/h2-5,8,11,14,18H,6-7,9-10,12H2,1H3,(H,22,24). The van der Waals surface area contributed by atoms with Crippen molar-refractivity contribution in [2.24, 2.45) is 5.92 Å². The van der Waals surface area contributed by atoms with Crippen molar-refractivity contribution in [2.75, 3.05) is 13.1 Å². The van der Waals surface area contributed by atoms with Crippen molar-refractivity contribution in [3.63, 3.8) is 0 Å². The number of carbonyl (C=O) groups is 2. The van der Waals surface area contributed by atoms with Gasteiger partial charge in [-0.05, 0) is 30.4 Å². The number of hydrogen-bond donors (Lipinski definition) is 1. The zero-order chi connectivity index (χ0) is 18.5. The fourth-order valence-corrected chi connectivity index (χ4v) is 4.17. The van der Waals surface area contributed by atoms with Crippen LogP contribution in [0, 0.1) is 11.7 Å². The van der Waals surface area contributed by atoms with Gasteiger partial charge in [-0.2, -0.15) is 0 Å². The number of carbonyl (C=O) groups excluding carboxylic acids is 2. The summed E-state index contributed by atoms with van der Waals surface area (Å²) >= 11 is 1.53. The monoisotopic (exact) mass is 375 g/mol. The van der Waals surface area contributed by atoms with E-state index in [0.717, 1.165) is 17.8 Å². The van der Waals surface area contributed by atoms with E-state index in [0.29, 0.717) is 18.7 Å². The number of thiazole rings is 1. The molecule has 1 aromatic carbocycles. The van der Waals surface area contributed by atoms with Crippen molar-refractivity contribution in [3.8, 4) is 0 Å². The minimum atomic E-state index is -0.342. The van der Waals surface area contributed by atoms with Crippen LogP contribution in [0.5, 0.6) is 0 Å². The van der Waals surface area contributed by atoms with Crippen molar-refractivity contribution < 1.29 is 14.0 Å². The second-order valence-corrected chi connectivity index (χ2v) is 7.46. The Labute approximate surface area is 156 Å². The smallest absolute Gasteiger partial charge is 0.227 e. The summed E-state index contributed by atoms with van der Waals surface area (Å²) in [6, 6.07) is 6.27. The van der Waals surface area contributed by atoms with Crippen LogP contribution in [0.15, 0.2) is 35.8 Å². The van der Waals surface area contributed by atoms with Crippen LogP contribution >= 0.6 is 11.3 Å². The van der Waals surface area contributed by atoms with E-state index in [-0.39, 0.29) is 36.0 Å². The molecule has 7 heteroatoms. The Morgan fingerprint density at radius 1 is 1.35 bits per heavy atom. The van der Waals surface area contributed by atoms with Crippen LogP contribution in [0.1, 0.15) is 36.4 Å². The number of benzene rings is 1. The third-order valence-electron chi connectivity index (χ3n) is 4.74. The third-order valence-corrected chi connectivity index (χ3v) is 5.60. The maximum Gasteiger partial charge on any atom is 0.227 e. The van der Waals surface area contributed by atoms with E-state index in [1.807, 2.05) is 5.38 Å². The van der Waals surface area contributed by atoms with Gasteiger partial charge in [0.2, 0.25) is 11.8 Å². The SMILES string of the molecule is CC(=O)NC(c1nccs1)C1CCN(C(=O)Cc2ccccc2F)CC1. The van der Waals surface area contributed by atoms with Gasteiger partial charge in [0.25, 0.3) is 0 Å². The summed E-state index contributed by atoms with van der Waals surface area (Å²) in [4.78, 5) is 30.2. The van der Waals surface area contributed by atoms with E-state index in [1.165, 1.54) is 24.3 Å². The fraction of sp³-hybridized carbons (Fsp3) is 0.421. The van der Waals surface area contributed by atoms with E-state index >= 15 is 0 Å². The molecule has 0 aliphatic carbocycles. The largest absolute Gasteiger partial charge is 0.347 e. The molecule has 0 saturated carbocycles. The molecule has 1 N–H and O–H groups in total. The van der Waals surface area contributed by atoms with Gasteiger partial charge in [-0.1, -0.05) is 18.2 Å². The van der Waals surface area contributed by atoms with Crippen molar-refractivity contribution in [1.29, 1.82) is 0 Å². The van der Waals surface area contributed by atoms with Crippen LogP contribution in [-0.4, -0.2) is 34.8 Å². The van der Waals surface area contributed by atoms with E-state index < -0.39 is 0 Å². The van der Waals surface area contributed by atoms with Crippen LogP contribution in [0.2, 0.25) is 0 Å². The van der Waals surface area contributed by atoms with Crippen molar-refractivity contribution >= 4 is 23.2 Å². The molecular formula is C19H22FN3O2S. The zero-order valence-electron chi connectivity index (χ0n) is 14.7. The molecule has 1 aliphatic heterocycles. The Morgan fingerprint density at radius 3 is 2.69 bits per heavy atom. The molecule has 1 saturated heterocycles. The molecule has 0 spiro atoms. The lowest BCUT2D eigenvalue weighted by Gasteiger charge is -2.35. The second kappa shape index (κ2) is 8.40. The molecule has 2 heterocycles. The average molecular weight is 375 g/mol. The number of halogens is 1. The third kappa shape index (κ3) is 4.46. The Kier molecular flexibility index (Phi) is 5.98. The maximum absolute atomic E-state index is 13.7.